The summed E-state index contributed by atoms with van der Waals surface area (Å²) in [7, 11) is 0. The third kappa shape index (κ3) is 7.09. The lowest BCUT2D eigenvalue weighted by molar-refractivity contribution is -0.142. The third-order valence-corrected chi connectivity index (χ3v) is 5.93. The van der Waals surface area contributed by atoms with Crippen molar-refractivity contribution < 1.29 is 19.5 Å². The molecule has 0 aliphatic heterocycles. The average molecular weight is 503 g/mol. The van der Waals surface area contributed by atoms with Gasteiger partial charge < -0.3 is 15.7 Å². The van der Waals surface area contributed by atoms with Crippen molar-refractivity contribution in [1.29, 1.82) is 0 Å². The Kier molecular flexibility index (Phi) is 8.72. The number of carbonyl (C=O) groups excluding carboxylic acids is 2. The van der Waals surface area contributed by atoms with Crippen LogP contribution in [-0.2, 0) is 16.0 Å². The van der Waals surface area contributed by atoms with Crippen LogP contribution in [0.4, 0.5) is 0 Å². The van der Waals surface area contributed by atoms with Crippen LogP contribution in [0.1, 0.15) is 42.3 Å². The molecule has 0 aliphatic rings. The molecule has 0 saturated carbocycles. The van der Waals surface area contributed by atoms with E-state index >= 15 is 0 Å². The maximum absolute atomic E-state index is 13.1. The highest BCUT2D eigenvalue weighted by molar-refractivity contribution is 7.81. The van der Waals surface area contributed by atoms with Gasteiger partial charge in [0.15, 0.2) is 0 Å². The van der Waals surface area contributed by atoms with E-state index in [4.69, 9.17) is 0 Å². The Balaban J connectivity index is 1.88. The molecule has 0 aliphatic carbocycles. The van der Waals surface area contributed by atoms with E-state index in [1.165, 1.54) is 6.08 Å². The number of hydrogen-bond acceptors (Lipinski definition) is 4. The monoisotopic (exact) mass is 502 g/mol. The van der Waals surface area contributed by atoms with Crippen LogP contribution in [0.15, 0.2) is 84.6 Å². The molecule has 0 fully saturated rings. The van der Waals surface area contributed by atoms with Gasteiger partial charge in [0.2, 0.25) is 0 Å². The van der Waals surface area contributed by atoms with Crippen molar-refractivity contribution >= 4 is 36.5 Å². The van der Waals surface area contributed by atoms with Gasteiger partial charge in [-0.3, -0.25) is 9.59 Å². The molecule has 3 rings (SSSR count). The van der Waals surface area contributed by atoms with Crippen LogP contribution in [0.25, 0.3) is 17.2 Å². The van der Waals surface area contributed by atoms with Crippen molar-refractivity contribution in [2.75, 3.05) is 0 Å². The summed E-state index contributed by atoms with van der Waals surface area (Å²) in [6.07, 6.45) is 2.39. The molecule has 36 heavy (non-hydrogen) atoms. The normalized spacial score (nSPS) is 12.5. The largest absolute Gasteiger partial charge is 0.480 e. The predicted molar refractivity (Wildman–Crippen MR) is 146 cm³/mol. The van der Waals surface area contributed by atoms with Crippen LogP contribution in [0, 0.1) is 0 Å². The summed E-state index contributed by atoms with van der Waals surface area (Å²) in [5.74, 6) is -2.44. The Morgan fingerprint density at radius 2 is 1.50 bits per heavy atom. The number of thiol groups is 1. The topological polar surface area (TPSA) is 95.5 Å². The molecule has 0 heterocycles. The Bertz CT molecular complexity index is 1250. The van der Waals surface area contributed by atoms with Gasteiger partial charge in [-0.2, -0.15) is 12.6 Å². The molecule has 0 saturated heterocycles. The Morgan fingerprint density at radius 3 is 2.03 bits per heavy atom. The molecule has 6 nitrogen and oxygen atoms in total. The fourth-order valence-electron chi connectivity index (χ4n) is 3.56. The van der Waals surface area contributed by atoms with E-state index in [0.717, 1.165) is 23.1 Å². The Labute approximate surface area is 216 Å². The van der Waals surface area contributed by atoms with Crippen molar-refractivity contribution in [1.82, 2.24) is 10.6 Å². The first kappa shape index (κ1) is 26.8. The van der Waals surface area contributed by atoms with E-state index in [2.05, 4.69) is 23.3 Å². The summed E-state index contributed by atoms with van der Waals surface area (Å²) in [5.41, 5.74) is 4.09. The molecule has 0 spiro atoms. The SMILES string of the molecule is CCc1ccc(/C=C(/NC(=O)c2ccc(-c3ccccc3)cc2)C(=O)NC(C(=O)O)C(C)(C)S)cc1. The molecule has 1 unspecified atom stereocenters. The second-order valence-electron chi connectivity index (χ2n) is 8.95. The van der Waals surface area contributed by atoms with Crippen LogP contribution in [0.5, 0.6) is 0 Å². The van der Waals surface area contributed by atoms with Gasteiger partial charge in [0.05, 0.1) is 0 Å². The fourth-order valence-corrected chi connectivity index (χ4v) is 3.74. The van der Waals surface area contributed by atoms with E-state index in [9.17, 15) is 19.5 Å². The number of aryl methyl sites for hydroxylation is 1. The third-order valence-electron chi connectivity index (χ3n) is 5.67. The number of carbonyl (C=O) groups is 3. The van der Waals surface area contributed by atoms with Crippen molar-refractivity contribution in [3.63, 3.8) is 0 Å². The summed E-state index contributed by atoms with van der Waals surface area (Å²) >= 11 is 4.32. The first-order chi connectivity index (χ1) is 17.1. The zero-order valence-electron chi connectivity index (χ0n) is 20.5. The molecule has 186 valence electrons. The van der Waals surface area contributed by atoms with E-state index in [0.29, 0.717) is 11.1 Å². The van der Waals surface area contributed by atoms with Gasteiger partial charge in [0.25, 0.3) is 11.8 Å². The lowest BCUT2D eigenvalue weighted by Crippen LogP contribution is -2.53. The molecule has 0 aromatic heterocycles. The quantitative estimate of drug-likeness (QED) is 0.246. The second kappa shape index (κ2) is 11.7. The molecular weight excluding hydrogens is 472 g/mol. The molecule has 3 aromatic rings. The lowest BCUT2D eigenvalue weighted by Gasteiger charge is -2.27. The second-order valence-corrected chi connectivity index (χ2v) is 10.1. The number of carboxylic acid groups (broad SMARTS) is 1. The first-order valence-corrected chi connectivity index (χ1v) is 12.1. The van der Waals surface area contributed by atoms with Crippen LogP contribution < -0.4 is 10.6 Å². The molecule has 3 aromatic carbocycles. The van der Waals surface area contributed by atoms with E-state index in [1.54, 1.807) is 26.0 Å². The Morgan fingerprint density at radius 1 is 0.917 bits per heavy atom. The average Bonchev–Trinajstić information content (AvgIpc) is 2.86. The minimum Gasteiger partial charge on any atom is -0.480 e. The van der Waals surface area contributed by atoms with Gasteiger partial charge in [-0.05, 0) is 60.7 Å². The van der Waals surface area contributed by atoms with Crippen LogP contribution in [0.3, 0.4) is 0 Å². The van der Waals surface area contributed by atoms with E-state index in [1.807, 2.05) is 73.7 Å². The minimum atomic E-state index is -1.28. The number of nitrogens with one attached hydrogen (secondary N) is 2. The summed E-state index contributed by atoms with van der Waals surface area (Å²) in [5, 5.41) is 14.7. The highest BCUT2D eigenvalue weighted by atomic mass is 32.1. The highest BCUT2D eigenvalue weighted by Gasteiger charge is 2.34. The Hall–Kier alpha value is -3.84. The molecule has 7 heteroatoms. The van der Waals surface area contributed by atoms with Crippen LogP contribution >= 0.6 is 12.6 Å². The highest BCUT2D eigenvalue weighted by Crippen LogP contribution is 2.20. The van der Waals surface area contributed by atoms with Gasteiger partial charge in [0, 0.05) is 10.3 Å². The van der Waals surface area contributed by atoms with Crippen LogP contribution in [-0.4, -0.2) is 33.7 Å². The maximum Gasteiger partial charge on any atom is 0.327 e. The number of aliphatic carboxylic acids is 1. The van der Waals surface area contributed by atoms with Gasteiger partial charge in [-0.15, -0.1) is 0 Å². The summed E-state index contributed by atoms with van der Waals surface area (Å²) in [6.45, 7) is 5.22. The van der Waals surface area contributed by atoms with Crippen molar-refractivity contribution in [3.8, 4) is 11.1 Å². The molecule has 1 atom stereocenters. The number of rotatable bonds is 9. The number of amides is 2. The van der Waals surface area contributed by atoms with Crippen molar-refractivity contribution in [3.05, 3.63) is 101 Å². The van der Waals surface area contributed by atoms with Crippen LogP contribution in [0.2, 0.25) is 0 Å². The van der Waals surface area contributed by atoms with Crippen molar-refractivity contribution in [2.24, 2.45) is 0 Å². The van der Waals surface area contributed by atoms with Gasteiger partial charge in [0.1, 0.15) is 11.7 Å². The molecule has 0 radical (unpaired) electrons. The summed E-state index contributed by atoms with van der Waals surface area (Å²) in [6, 6.07) is 23.1. The number of carboxylic acids is 1. The van der Waals surface area contributed by atoms with Gasteiger partial charge in [-0.1, -0.05) is 73.7 Å². The van der Waals surface area contributed by atoms with Crippen molar-refractivity contribution in [2.45, 2.75) is 38.0 Å². The molecule has 0 bridgehead atoms. The smallest absolute Gasteiger partial charge is 0.327 e. The minimum absolute atomic E-state index is 0.0692. The standard InChI is InChI=1S/C29H30N2O4S/c1-4-19-10-12-20(13-11-19)18-24(27(33)31-25(28(34)35)29(2,3)36)30-26(32)23-16-14-22(15-17-23)21-8-6-5-7-9-21/h5-18,25,36H,4H2,1-3H3,(H,30,32)(H,31,33)(H,34,35)/b24-18+. The number of hydrogen-bond donors (Lipinski definition) is 4. The van der Waals surface area contributed by atoms with Gasteiger partial charge in [-0.25, -0.2) is 4.79 Å². The fraction of sp³-hybridized carbons (Fsp3) is 0.207. The molecular formula is C29H30N2O4S. The zero-order chi connectivity index (χ0) is 26.3. The summed E-state index contributed by atoms with van der Waals surface area (Å²) in [4.78, 5) is 38.0. The maximum atomic E-state index is 13.1. The van der Waals surface area contributed by atoms with E-state index in [-0.39, 0.29) is 5.70 Å². The summed E-state index contributed by atoms with van der Waals surface area (Å²) < 4.78 is -1.04. The number of benzene rings is 3. The lowest BCUT2D eigenvalue weighted by atomic mass is 10.0. The van der Waals surface area contributed by atoms with E-state index < -0.39 is 28.6 Å². The van der Waals surface area contributed by atoms with Gasteiger partial charge >= 0.3 is 5.97 Å². The molecule has 3 N–H and O–H groups in total. The predicted octanol–water partition coefficient (Wildman–Crippen LogP) is 4.96. The first-order valence-electron chi connectivity index (χ1n) is 11.6. The molecule has 2 amide bonds. The zero-order valence-corrected chi connectivity index (χ0v) is 21.4.